The summed E-state index contributed by atoms with van der Waals surface area (Å²) in [6, 6.07) is 0. The SMILES string of the molecule is CC(C)[C@H]1CC[C@@H](C)C[C@H]1OC(=O)C1OC(O)CS1. The molecule has 1 aliphatic carbocycles. The molecule has 1 saturated heterocycles. The van der Waals surface area contributed by atoms with Crippen LogP contribution in [0.4, 0.5) is 0 Å². The molecule has 0 amide bonds. The average molecular weight is 288 g/mol. The lowest BCUT2D eigenvalue weighted by atomic mass is 9.75. The van der Waals surface area contributed by atoms with E-state index < -0.39 is 11.7 Å². The van der Waals surface area contributed by atoms with Crippen molar-refractivity contribution in [1.82, 2.24) is 0 Å². The molecule has 0 aromatic heterocycles. The molecule has 2 rings (SSSR count). The van der Waals surface area contributed by atoms with Crippen molar-refractivity contribution in [3.63, 3.8) is 0 Å². The number of hydrogen-bond donors (Lipinski definition) is 1. The third-order valence-corrected chi connectivity index (χ3v) is 5.18. The smallest absolute Gasteiger partial charge is 0.346 e. The zero-order valence-electron chi connectivity index (χ0n) is 11.9. The lowest BCUT2D eigenvalue weighted by Crippen LogP contribution is -2.38. The van der Waals surface area contributed by atoms with Crippen LogP contribution in [-0.4, -0.2) is 34.7 Å². The summed E-state index contributed by atoms with van der Waals surface area (Å²) < 4.78 is 10.8. The number of hydrogen-bond acceptors (Lipinski definition) is 5. The highest BCUT2D eigenvalue weighted by Crippen LogP contribution is 2.36. The van der Waals surface area contributed by atoms with Crippen molar-refractivity contribution in [3.8, 4) is 0 Å². The van der Waals surface area contributed by atoms with Gasteiger partial charge in [0, 0.05) is 5.75 Å². The second-order valence-electron chi connectivity index (χ2n) is 6.06. The van der Waals surface area contributed by atoms with Crippen molar-refractivity contribution < 1.29 is 19.4 Å². The predicted molar refractivity (Wildman–Crippen MR) is 74.6 cm³/mol. The largest absolute Gasteiger partial charge is 0.459 e. The van der Waals surface area contributed by atoms with Crippen molar-refractivity contribution in [3.05, 3.63) is 0 Å². The van der Waals surface area contributed by atoms with E-state index in [1.165, 1.54) is 18.2 Å². The van der Waals surface area contributed by atoms with Gasteiger partial charge in [-0.1, -0.05) is 27.2 Å². The molecule has 1 heterocycles. The maximum atomic E-state index is 12.1. The molecule has 19 heavy (non-hydrogen) atoms. The monoisotopic (exact) mass is 288 g/mol. The number of esters is 1. The van der Waals surface area contributed by atoms with E-state index in [0.717, 1.165) is 12.8 Å². The molecular formula is C14H24O4S. The van der Waals surface area contributed by atoms with Crippen molar-refractivity contribution in [1.29, 1.82) is 0 Å². The predicted octanol–water partition coefficient (Wildman–Crippen LogP) is 2.40. The van der Waals surface area contributed by atoms with Crippen LogP contribution in [0.15, 0.2) is 0 Å². The van der Waals surface area contributed by atoms with Crippen molar-refractivity contribution in [2.75, 3.05) is 5.75 Å². The number of rotatable bonds is 3. The van der Waals surface area contributed by atoms with Gasteiger partial charge in [0.15, 0.2) is 6.29 Å². The first-order valence-corrected chi connectivity index (χ1v) is 8.18. The summed E-state index contributed by atoms with van der Waals surface area (Å²) in [4.78, 5) is 12.1. The summed E-state index contributed by atoms with van der Waals surface area (Å²) in [7, 11) is 0. The molecule has 5 atom stereocenters. The Bertz CT molecular complexity index is 321. The third-order valence-electron chi connectivity index (χ3n) is 4.09. The summed E-state index contributed by atoms with van der Waals surface area (Å²) in [6.07, 6.45) is 2.43. The van der Waals surface area contributed by atoms with Gasteiger partial charge in [0.05, 0.1) is 0 Å². The highest BCUT2D eigenvalue weighted by Gasteiger charge is 2.37. The Morgan fingerprint density at radius 3 is 2.74 bits per heavy atom. The number of carbonyl (C=O) groups is 1. The molecule has 1 N–H and O–H groups in total. The van der Waals surface area contributed by atoms with Gasteiger partial charge >= 0.3 is 5.97 Å². The van der Waals surface area contributed by atoms with E-state index in [1.807, 2.05) is 0 Å². The van der Waals surface area contributed by atoms with Crippen molar-refractivity contribution in [2.24, 2.45) is 17.8 Å². The van der Waals surface area contributed by atoms with Crippen LogP contribution < -0.4 is 0 Å². The third kappa shape index (κ3) is 3.86. The van der Waals surface area contributed by atoms with Crippen LogP contribution in [0.5, 0.6) is 0 Å². The highest BCUT2D eigenvalue weighted by molar-refractivity contribution is 8.00. The average Bonchev–Trinajstić information content (AvgIpc) is 2.75. The van der Waals surface area contributed by atoms with E-state index in [1.54, 1.807) is 0 Å². The van der Waals surface area contributed by atoms with Gasteiger partial charge < -0.3 is 14.6 Å². The van der Waals surface area contributed by atoms with Gasteiger partial charge in [-0.15, -0.1) is 11.8 Å². The maximum Gasteiger partial charge on any atom is 0.346 e. The molecule has 1 saturated carbocycles. The summed E-state index contributed by atoms with van der Waals surface area (Å²) in [6.45, 7) is 6.58. The Kier molecular flexibility index (Phi) is 5.15. The molecule has 0 aromatic rings. The first-order valence-electron chi connectivity index (χ1n) is 7.13. The van der Waals surface area contributed by atoms with Crippen LogP contribution in [0.1, 0.15) is 40.0 Å². The molecule has 0 spiro atoms. The molecule has 0 radical (unpaired) electrons. The van der Waals surface area contributed by atoms with E-state index in [4.69, 9.17) is 9.47 Å². The van der Waals surface area contributed by atoms with Gasteiger partial charge in [-0.05, 0) is 30.6 Å². The van der Waals surface area contributed by atoms with Crippen molar-refractivity contribution >= 4 is 17.7 Å². The van der Waals surface area contributed by atoms with Gasteiger partial charge in [0.2, 0.25) is 5.44 Å². The number of aliphatic hydroxyl groups excluding tert-OH is 1. The van der Waals surface area contributed by atoms with Crippen LogP contribution in [0.2, 0.25) is 0 Å². The lowest BCUT2D eigenvalue weighted by Gasteiger charge is -2.37. The molecule has 2 fully saturated rings. The van der Waals surface area contributed by atoms with E-state index in [9.17, 15) is 9.90 Å². The first-order chi connectivity index (χ1) is 8.97. The van der Waals surface area contributed by atoms with E-state index >= 15 is 0 Å². The standard InChI is InChI=1S/C14H24O4S/c1-8(2)10-5-4-9(3)6-11(10)17-13(16)14-18-12(15)7-19-14/h8-12,14-15H,4-7H2,1-3H3/t9-,10-,11-,12?,14?/m1/s1. The molecule has 4 nitrogen and oxygen atoms in total. The van der Waals surface area contributed by atoms with E-state index in [2.05, 4.69) is 20.8 Å². The van der Waals surface area contributed by atoms with E-state index in [-0.39, 0.29) is 12.1 Å². The number of ether oxygens (including phenoxy) is 2. The van der Waals surface area contributed by atoms with Crippen molar-refractivity contribution in [2.45, 2.75) is 57.9 Å². The topological polar surface area (TPSA) is 55.8 Å². The number of thioether (sulfide) groups is 1. The van der Waals surface area contributed by atoms with Gasteiger partial charge in [0.25, 0.3) is 0 Å². The Balaban J connectivity index is 1.92. The molecule has 0 aromatic carbocycles. The van der Waals surface area contributed by atoms with Gasteiger partial charge in [-0.25, -0.2) is 4.79 Å². The normalized spacial score (nSPS) is 39.5. The fraction of sp³-hybridized carbons (Fsp3) is 0.929. The van der Waals surface area contributed by atoms with Gasteiger partial charge in [-0.2, -0.15) is 0 Å². The Morgan fingerprint density at radius 1 is 1.42 bits per heavy atom. The fourth-order valence-electron chi connectivity index (χ4n) is 2.97. The Morgan fingerprint density at radius 2 is 2.16 bits per heavy atom. The van der Waals surface area contributed by atoms with Gasteiger partial charge in [-0.3, -0.25) is 0 Å². The lowest BCUT2D eigenvalue weighted by molar-refractivity contribution is -0.172. The maximum absolute atomic E-state index is 12.1. The fourth-order valence-corrected chi connectivity index (χ4v) is 3.79. The minimum absolute atomic E-state index is 0.00167. The Labute approximate surface area is 119 Å². The minimum Gasteiger partial charge on any atom is -0.459 e. The van der Waals surface area contributed by atoms with Crippen LogP contribution in [-0.2, 0) is 14.3 Å². The quantitative estimate of drug-likeness (QED) is 0.808. The molecular weight excluding hydrogens is 264 g/mol. The highest BCUT2D eigenvalue weighted by atomic mass is 32.2. The van der Waals surface area contributed by atoms with Crippen LogP contribution in [0, 0.1) is 17.8 Å². The van der Waals surface area contributed by atoms with Crippen LogP contribution in [0.25, 0.3) is 0 Å². The molecule has 2 unspecified atom stereocenters. The summed E-state index contributed by atoms with van der Waals surface area (Å²) in [5, 5.41) is 9.29. The molecule has 110 valence electrons. The molecule has 0 bridgehead atoms. The summed E-state index contributed by atoms with van der Waals surface area (Å²) in [5.74, 6) is 1.68. The summed E-state index contributed by atoms with van der Waals surface area (Å²) in [5.41, 5.74) is -0.653. The minimum atomic E-state index is -0.839. The van der Waals surface area contributed by atoms with Crippen LogP contribution >= 0.6 is 11.8 Å². The second kappa shape index (κ2) is 6.46. The Hall–Kier alpha value is -0.260. The first kappa shape index (κ1) is 15.1. The zero-order chi connectivity index (χ0) is 14.0. The van der Waals surface area contributed by atoms with E-state index in [0.29, 0.717) is 23.5 Å². The molecule has 5 heteroatoms. The summed E-state index contributed by atoms with van der Waals surface area (Å²) >= 11 is 1.31. The molecule has 1 aliphatic heterocycles. The van der Waals surface area contributed by atoms with Crippen LogP contribution in [0.3, 0.4) is 0 Å². The zero-order valence-corrected chi connectivity index (χ0v) is 12.7. The van der Waals surface area contributed by atoms with Gasteiger partial charge in [0.1, 0.15) is 6.10 Å². The molecule has 2 aliphatic rings. The number of carbonyl (C=O) groups excluding carboxylic acids is 1. The second-order valence-corrected chi connectivity index (χ2v) is 7.15. The number of aliphatic hydroxyl groups is 1.